The molecule has 3 aliphatic heterocycles. The van der Waals surface area contributed by atoms with Crippen molar-refractivity contribution < 1.29 is 9.59 Å². The maximum atomic E-state index is 13.9. The molecule has 0 saturated carbocycles. The van der Waals surface area contributed by atoms with Gasteiger partial charge in [0.05, 0.1) is 18.1 Å². The zero-order valence-corrected chi connectivity index (χ0v) is 23.8. The average Bonchev–Trinajstić information content (AvgIpc) is 3.31. The summed E-state index contributed by atoms with van der Waals surface area (Å²) in [6.45, 7) is 10.7. The smallest absolute Gasteiger partial charge is 0.263 e. The Balaban J connectivity index is 1.61. The molecule has 6 nitrogen and oxygen atoms in total. The lowest BCUT2D eigenvalue weighted by Gasteiger charge is -2.39. The number of hydrogen-bond acceptors (Lipinski definition) is 5. The van der Waals surface area contributed by atoms with Crippen LogP contribution in [0.25, 0.3) is 0 Å². The van der Waals surface area contributed by atoms with E-state index in [0.29, 0.717) is 21.5 Å². The van der Waals surface area contributed by atoms with Crippen LogP contribution in [0.5, 0.6) is 0 Å². The molecule has 2 aromatic carbocycles. The second-order valence-electron chi connectivity index (χ2n) is 10.9. The first-order chi connectivity index (χ1) is 17.4. The predicted octanol–water partition coefficient (Wildman–Crippen LogP) is 5.97. The van der Waals surface area contributed by atoms with Gasteiger partial charge in [-0.2, -0.15) is 0 Å². The van der Waals surface area contributed by atoms with E-state index < -0.39 is 11.1 Å². The fourth-order valence-corrected chi connectivity index (χ4v) is 7.14. The molecule has 9 heteroatoms. The van der Waals surface area contributed by atoms with Crippen LogP contribution in [0, 0.1) is 5.92 Å². The molecule has 2 unspecified atom stereocenters. The molecular formula is C28H30Cl2N4O2S. The van der Waals surface area contributed by atoms with Crippen molar-refractivity contribution in [2.45, 2.75) is 51.7 Å². The van der Waals surface area contributed by atoms with Crippen LogP contribution in [-0.4, -0.2) is 45.4 Å². The van der Waals surface area contributed by atoms with Gasteiger partial charge in [0.15, 0.2) is 5.17 Å². The van der Waals surface area contributed by atoms with Gasteiger partial charge in [-0.3, -0.25) is 9.59 Å². The Hall–Kier alpha value is -2.48. The Morgan fingerprint density at radius 1 is 1.05 bits per heavy atom. The van der Waals surface area contributed by atoms with Crippen molar-refractivity contribution in [1.29, 1.82) is 0 Å². The lowest BCUT2D eigenvalue weighted by molar-refractivity contribution is -0.138. The third-order valence-corrected chi connectivity index (χ3v) is 8.61. The highest BCUT2D eigenvalue weighted by Gasteiger charge is 2.53. The fourth-order valence-electron chi connectivity index (χ4n) is 5.51. The van der Waals surface area contributed by atoms with E-state index in [1.165, 1.54) is 11.8 Å². The maximum Gasteiger partial charge on any atom is 0.263 e. The zero-order chi connectivity index (χ0) is 26.7. The fraction of sp³-hybridized carbons (Fsp3) is 0.393. The highest BCUT2D eigenvalue weighted by Crippen LogP contribution is 2.56. The van der Waals surface area contributed by atoms with Gasteiger partial charge in [0, 0.05) is 22.3 Å². The van der Waals surface area contributed by atoms with Crippen LogP contribution >= 0.6 is 35.0 Å². The molecule has 1 fully saturated rings. The number of aliphatic imine (C=N–C) groups is 1. The van der Waals surface area contributed by atoms with E-state index in [-0.39, 0.29) is 30.3 Å². The van der Waals surface area contributed by atoms with Crippen LogP contribution in [0.15, 0.2) is 64.1 Å². The number of halogens is 2. The number of hydrogen-bond donors (Lipinski definition) is 1. The van der Waals surface area contributed by atoms with Gasteiger partial charge in [0.2, 0.25) is 5.91 Å². The number of fused-ring (bicyclic) bond motifs is 1. The molecule has 3 heterocycles. The largest absolute Gasteiger partial charge is 0.348 e. The van der Waals surface area contributed by atoms with Crippen molar-refractivity contribution in [3.63, 3.8) is 0 Å². The van der Waals surface area contributed by atoms with E-state index in [1.807, 2.05) is 62.4 Å². The van der Waals surface area contributed by atoms with Gasteiger partial charge in [-0.15, -0.1) is 0 Å². The molecule has 0 bridgehead atoms. The lowest BCUT2D eigenvalue weighted by atomic mass is 9.81. The van der Waals surface area contributed by atoms with Crippen LogP contribution < -0.4 is 5.32 Å². The molecule has 5 rings (SSSR count). The second-order valence-corrected chi connectivity index (χ2v) is 12.8. The minimum atomic E-state index is -0.623. The third-order valence-electron chi connectivity index (χ3n) is 7.05. The number of amidine groups is 1. The molecule has 3 aliphatic rings. The second kappa shape index (κ2) is 9.37. The number of benzene rings is 2. The summed E-state index contributed by atoms with van der Waals surface area (Å²) in [7, 11) is 0. The molecule has 2 aromatic rings. The molecule has 194 valence electrons. The molecule has 0 radical (unpaired) electrons. The van der Waals surface area contributed by atoms with Crippen molar-refractivity contribution in [2.75, 3.05) is 13.1 Å². The number of rotatable bonds is 4. The summed E-state index contributed by atoms with van der Waals surface area (Å²) >= 11 is 13.9. The first kappa shape index (κ1) is 26.1. The third kappa shape index (κ3) is 4.66. The number of nitrogens with one attached hydrogen (secondary N) is 1. The number of carbonyl (C=O) groups is 2. The van der Waals surface area contributed by atoms with E-state index in [0.717, 1.165) is 22.0 Å². The molecule has 2 amide bonds. The molecule has 37 heavy (non-hydrogen) atoms. The van der Waals surface area contributed by atoms with Crippen molar-refractivity contribution >= 4 is 51.9 Å². The lowest BCUT2D eigenvalue weighted by Crippen LogP contribution is -2.61. The molecular weight excluding hydrogens is 527 g/mol. The van der Waals surface area contributed by atoms with Gasteiger partial charge in [0.25, 0.3) is 5.91 Å². The SMILES string of the molecule is CC(C)C1=C(C(=O)N2CC(=O)NC(C)(C)C2)SC2=NC(C)(c3ccc(Cl)cc3)C(c3ccc(Cl)cc3)N21. The Labute approximate surface area is 232 Å². The summed E-state index contributed by atoms with van der Waals surface area (Å²) in [5.41, 5.74) is 1.90. The minimum Gasteiger partial charge on any atom is -0.348 e. The van der Waals surface area contributed by atoms with Gasteiger partial charge in [-0.05, 0) is 73.8 Å². The van der Waals surface area contributed by atoms with Crippen molar-refractivity contribution in [3.8, 4) is 0 Å². The quantitative estimate of drug-likeness (QED) is 0.503. The number of amides is 2. The van der Waals surface area contributed by atoms with Crippen LogP contribution in [-0.2, 0) is 15.1 Å². The maximum absolute atomic E-state index is 13.9. The van der Waals surface area contributed by atoms with Crippen LogP contribution in [0.2, 0.25) is 10.0 Å². The molecule has 0 aliphatic carbocycles. The highest BCUT2D eigenvalue weighted by atomic mass is 35.5. The number of thioether (sulfide) groups is 1. The normalized spacial score (nSPS) is 24.9. The van der Waals surface area contributed by atoms with Crippen molar-refractivity contribution in [2.24, 2.45) is 10.9 Å². The Kier molecular flexibility index (Phi) is 6.62. The monoisotopic (exact) mass is 556 g/mol. The Bertz CT molecular complexity index is 1320. The van der Waals surface area contributed by atoms with Crippen LogP contribution in [0.1, 0.15) is 51.8 Å². The van der Waals surface area contributed by atoms with E-state index in [1.54, 1.807) is 4.90 Å². The van der Waals surface area contributed by atoms with Gasteiger partial charge < -0.3 is 15.1 Å². The number of piperazine rings is 1. The topological polar surface area (TPSA) is 65.0 Å². The van der Waals surface area contributed by atoms with Gasteiger partial charge in [-0.25, -0.2) is 4.99 Å². The molecule has 0 aromatic heterocycles. The van der Waals surface area contributed by atoms with Crippen LogP contribution in [0.4, 0.5) is 0 Å². The summed E-state index contributed by atoms with van der Waals surface area (Å²) in [6.07, 6.45) is 0. The summed E-state index contributed by atoms with van der Waals surface area (Å²) in [6, 6.07) is 15.4. The summed E-state index contributed by atoms with van der Waals surface area (Å²) in [5.74, 6) is -0.226. The standard InChI is InChI=1S/C28H30Cl2N4O2S/c1-16(2)22-23(25(36)33-14-21(35)31-27(3,4)15-33)37-26-32-28(5,18-8-12-20(30)13-9-18)24(34(22)26)17-6-10-19(29)11-7-17/h6-13,16,24H,14-15H2,1-5H3,(H,31,35). The van der Waals surface area contributed by atoms with Gasteiger partial charge in [-0.1, -0.05) is 61.3 Å². The van der Waals surface area contributed by atoms with Crippen LogP contribution in [0.3, 0.4) is 0 Å². The Morgan fingerprint density at radius 3 is 2.22 bits per heavy atom. The van der Waals surface area contributed by atoms with E-state index in [4.69, 9.17) is 28.2 Å². The summed E-state index contributed by atoms with van der Waals surface area (Å²) in [5, 5.41) is 5.07. The van der Waals surface area contributed by atoms with Gasteiger partial charge >= 0.3 is 0 Å². The van der Waals surface area contributed by atoms with Gasteiger partial charge in [0.1, 0.15) is 10.4 Å². The number of allylic oxidation sites excluding steroid dienone is 1. The van der Waals surface area contributed by atoms with E-state index in [9.17, 15) is 9.59 Å². The van der Waals surface area contributed by atoms with Crippen molar-refractivity contribution in [1.82, 2.24) is 15.1 Å². The molecule has 2 atom stereocenters. The van der Waals surface area contributed by atoms with E-state index in [2.05, 4.69) is 31.0 Å². The summed E-state index contributed by atoms with van der Waals surface area (Å²) < 4.78 is 0. The highest BCUT2D eigenvalue weighted by molar-refractivity contribution is 8.18. The van der Waals surface area contributed by atoms with Crippen molar-refractivity contribution in [3.05, 3.63) is 80.3 Å². The summed E-state index contributed by atoms with van der Waals surface area (Å²) in [4.78, 5) is 36.0. The molecule has 1 N–H and O–H groups in total. The molecule has 1 saturated heterocycles. The Morgan fingerprint density at radius 2 is 1.65 bits per heavy atom. The molecule has 0 spiro atoms. The predicted molar refractivity (Wildman–Crippen MR) is 151 cm³/mol. The first-order valence-corrected chi connectivity index (χ1v) is 13.9. The number of carbonyl (C=O) groups excluding carboxylic acids is 2. The minimum absolute atomic E-state index is 0.0489. The first-order valence-electron chi connectivity index (χ1n) is 12.3. The van der Waals surface area contributed by atoms with E-state index >= 15 is 0 Å². The average molecular weight is 558 g/mol. The zero-order valence-electron chi connectivity index (χ0n) is 21.5. The number of nitrogens with zero attached hydrogens (tertiary/aromatic N) is 3.